The van der Waals surface area contributed by atoms with E-state index in [0.29, 0.717) is 17.9 Å². The number of hydrogen-bond acceptors (Lipinski definition) is 5. The van der Waals surface area contributed by atoms with Crippen LogP contribution in [0.3, 0.4) is 0 Å². The van der Waals surface area contributed by atoms with Gasteiger partial charge in [0.25, 0.3) is 0 Å². The Labute approximate surface area is 192 Å². The fourth-order valence-electron chi connectivity index (χ4n) is 5.27. The minimum absolute atomic E-state index is 0.00622. The normalized spacial score (nSPS) is 23.1. The maximum atomic E-state index is 13.0. The maximum absolute atomic E-state index is 13.0. The lowest BCUT2D eigenvalue weighted by molar-refractivity contribution is -0.128. The average Bonchev–Trinajstić information content (AvgIpc) is 3.03. The highest BCUT2D eigenvalue weighted by atomic mass is 16.4. The molecule has 2 aromatic carbocycles. The van der Waals surface area contributed by atoms with Crippen LogP contribution < -0.4 is 11.1 Å². The zero-order valence-corrected chi connectivity index (χ0v) is 18.8. The van der Waals surface area contributed by atoms with Crippen molar-refractivity contribution in [1.82, 2.24) is 14.8 Å². The highest BCUT2D eigenvalue weighted by Gasteiger charge is 2.36. The Bertz CT molecular complexity index is 1260. The van der Waals surface area contributed by atoms with Crippen molar-refractivity contribution in [3.63, 3.8) is 0 Å². The van der Waals surface area contributed by atoms with E-state index >= 15 is 0 Å². The van der Waals surface area contributed by atoms with Crippen molar-refractivity contribution in [2.45, 2.75) is 31.7 Å². The molecular formula is C26H28N4O3. The third-order valence-electron chi connectivity index (χ3n) is 7.22. The number of nitriles is 1. The van der Waals surface area contributed by atoms with Gasteiger partial charge in [-0.1, -0.05) is 30.3 Å². The van der Waals surface area contributed by atoms with Crippen molar-refractivity contribution < 1.29 is 9.21 Å². The Morgan fingerprint density at radius 3 is 2.76 bits per heavy atom. The molecule has 4 atom stereocenters. The van der Waals surface area contributed by atoms with Crippen LogP contribution >= 0.6 is 0 Å². The first-order chi connectivity index (χ1) is 16.0. The summed E-state index contributed by atoms with van der Waals surface area (Å²) < 4.78 is 6.69. The summed E-state index contributed by atoms with van der Waals surface area (Å²) in [5.74, 6) is 0.0764. The molecule has 7 heteroatoms. The number of piperidine rings is 1. The van der Waals surface area contributed by atoms with E-state index in [-0.39, 0.29) is 17.6 Å². The Balaban J connectivity index is 1.26. The zero-order chi connectivity index (χ0) is 22.9. The maximum Gasteiger partial charge on any atom is 0.419 e. The molecule has 3 saturated heterocycles. The average molecular weight is 445 g/mol. The first-order valence-electron chi connectivity index (χ1n) is 11.6. The van der Waals surface area contributed by atoms with Crippen LogP contribution in [0.1, 0.15) is 24.8 Å². The molecule has 0 saturated carbocycles. The molecule has 0 spiro atoms. The lowest BCUT2D eigenvalue weighted by Crippen LogP contribution is -2.48. The molecule has 3 aliphatic rings. The van der Waals surface area contributed by atoms with Crippen LogP contribution in [0.5, 0.6) is 0 Å². The summed E-state index contributed by atoms with van der Waals surface area (Å²) in [7, 11) is 1.69. The van der Waals surface area contributed by atoms with Crippen LogP contribution in [0.25, 0.3) is 22.2 Å². The summed E-state index contributed by atoms with van der Waals surface area (Å²) in [6.45, 7) is 2.99. The molecule has 3 aromatic rings. The highest BCUT2D eigenvalue weighted by Crippen LogP contribution is 2.32. The van der Waals surface area contributed by atoms with Gasteiger partial charge in [-0.2, -0.15) is 5.26 Å². The van der Waals surface area contributed by atoms with Crippen LogP contribution in [0.2, 0.25) is 0 Å². The van der Waals surface area contributed by atoms with E-state index in [2.05, 4.69) is 16.3 Å². The van der Waals surface area contributed by atoms with E-state index in [9.17, 15) is 14.9 Å². The van der Waals surface area contributed by atoms with Gasteiger partial charge >= 0.3 is 5.76 Å². The minimum atomic E-state index is -0.545. The van der Waals surface area contributed by atoms with Crippen LogP contribution in [0.4, 0.5) is 0 Å². The van der Waals surface area contributed by atoms with Gasteiger partial charge in [0.1, 0.15) is 6.04 Å². The molecule has 1 N–H and O–H groups in total. The third-order valence-corrected chi connectivity index (χ3v) is 7.22. The molecule has 0 radical (unpaired) electrons. The Hall–Kier alpha value is -3.37. The van der Waals surface area contributed by atoms with Gasteiger partial charge in [0.2, 0.25) is 5.91 Å². The number of rotatable bonds is 5. The largest absolute Gasteiger partial charge is 0.419 e. The Morgan fingerprint density at radius 2 is 1.97 bits per heavy atom. The second-order valence-corrected chi connectivity index (χ2v) is 9.30. The molecule has 0 aliphatic carbocycles. The van der Waals surface area contributed by atoms with E-state index in [1.165, 1.54) is 4.57 Å². The number of hydrogen-bond donors (Lipinski definition) is 1. The predicted molar refractivity (Wildman–Crippen MR) is 125 cm³/mol. The van der Waals surface area contributed by atoms with Gasteiger partial charge in [0.05, 0.1) is 17.5 Å². The Kier molecular flexibility index (Phi) is 5.77. The molecule has 1 amide bonds. The summed E-state index contributed by atoms with van der Waals surface area (Å²) in [5, 5.41) is 12.7. The molecule has 170 valence electrons. The number of benzene rings is 2. The number of nitrogens with one attached hydrogen (secondary N) is 1. The minimum Gasteiger partial charge on any atom is -0.408 e. The van der Waals surface area contributed by atoms with Crippen molar-refractivity contribution in [1.29, 1.82) is 5.26 Å². The smallest absolute Gasteiger partial charge is 0.408 e. The van der Waals surface area contributed by atoms with Crippen molar-refractivity contribution in [3.8, 4) is 17.2 Å². The van der Waals surface area contributed by atoms with Crippen molar-refractivity contribution in [3.05, 3.63) is 58.6 Å². The SMILES string of the molecule is Cn1c(=O)oc2ccc(-c3ccc(C[C@@H](C#N)NC(=O)C4CN5CCCC4CC5)cc3)cc21. The fraction of sp³-hybridized carbons (Fsp3) is 0.423. The van der Waals surface area contributed by atoms with E-state index in [0.717, 1.165) is 61.1 Å². The highest BCUT2D eigenvalue weighted by molar-refractivity contribution is 5.81. The molecule has 7 nitrogen and oxygen atoms in total. The number of amides is 1. The van der Waals surface area contributed by atoms with Crippen molar-refractivity contribution in [2.24, 2.45) is 18.9 Å². The number of oxazole rings is 1. The Morgan fingerprint density at radius 1 is 1.18 bits per heavy atom. The fourth-order valence-corrected chi connectivity index (χ4v) is 5.27. The van der Waals surface area contributed by atoms with Crippen LogP contribution in [-0.4, -0.2) is 41.1 Å². The third kappa shape index (κ3) is 4.31. The van der Waals surface area contributed by atoms with Gasteiger partial charge in [0, 0.05) is 20.0 Å². The van der Waals surface area contributed by atoms with Crippen LogP contribution in [-0.2, 0) is 18.3 Å². The summed E-state index contributed by atoms with van der Waals surface area (Å²) in [6, 6.07) is 15.4. The molecule has 3 aliphatic heterocycles. The summed E-state index contributed by atoms with van der Waals surface area (Å²) in [4.78, 5) is 27.1. The number of nitrogens with zero attached hydrogens (tertiary/aromatic N) is 3. The molecule has 3 unspecified atom stereocenters. The summed E-state index contributed by atoms with van der Waals surface area (Å²) in [5.41, 5.74) is 4.30. The quantitative estimate of drug-likeness (QED) is 0.653. The lowest BCUT2D eigenvalue weighted by Gasteiger charge is -2.34. The molecular weight excluding hydrogens is 416 g/mol. The van der Waals surface area contributed by atoms with Gasteiger partial charge in [-0.3, -0.25) is 9.36 Å². The van der Waals surface area contributed by atoms with Gasteiger partial charge < -0.3 is 14.6 Å². The van der Waals surface area contributed by atoms with Gasteiger partial charge in [-0.25, -0.2) is 4.79 Å². The molecule has 2 bridgehead atoms. The zero-order valence-electron chi connectivity index (χ0n) is 18.8. The molecule has 6 rings (SSSR count). The van der Waals surface area contributed by atoms with Gasteiger partial charge in [-0.15, -0.1) is 0 Å². The van der Waals surface area contributed by atoms with Crippen molar-refractivity contribution in [2.75, 3.05) is 19.6 Å². The topological polar surface area (TPSA) is 91.3 Å². The van der Waals surface area contributed by atoms with Gasteiger partial charge in [-0.05, 0) is 67.1 Å². The molecule has 4 heterocycles. The van der Waals surface area contributed by atoms with Crippen LogP contribution in [0, 0.1) is 23.2 Å². The first kappa shape index (κ1) is 21.5. The second-order valence-electron chi connectivity index (χ2n) is 9.30. The second kappa shape index (κ2) is 8.87. The number of carbonyl (C=O) groups excluding carboxylic acids is 1. The monoisotopic (exact) mass is 444 g/mol. The summed E-state index contributed by atoms with van der Waals surface area (Å²) >= 11 is 0. The molecule has 1 aromatic heterocycles. The van der Waals surface area contributed by atoms with E-state index in [1.807, 2.05) is 36.4 Å². The van der Waals surface area contributed by atoms with E-state index in [1.54, 1.807) is 13.1 Å². The summed E-state index contributed by atoms with van der Waals surface area (Å²) in [6.07, 6.45) is 3.81. The standard InChI is InChI=1S/C26H28N4O3/c1-29-23-14-20(8-9-24(23)33-26(29)32)18-6-4-17(5-7-18)13-21(15-27)28-25(31)22-16-30-11-2-3-19(22)10-12-30/h4-9,14,19,21-22H,2-3,10-13,16H2,1H3,(H,28,31)/t19?,21-,22?/m0/s1. The molecule has 33 heavy (non-hydrogen) atoms. The van der Waals surface area contributed by atoms with Crippen molar-refractivity contribution >= 4 is 17.0 Å². The number of aromatic nitrogens is 1. The van der Waals surface area contributed by atoms with E-state index in [4.69, 9.17) is 4.42 Å². The molecule has 3 fully saturated rings. The number of aryl methyl sites for hydroxylation is 1. The van der Waals surface area contributed by atoms with Crippen LogP contribution in [0.15, 0.2) is 51.7 Å². The number of fused-ring (bicyclic) bond motifs is 5. The van der Waals surface area contributed by atoms with Gasteiger partial charge in [0.15, 0.2) is 5.58 Å². The van der Waals surface area contributed by atoms with E-state index < -0.39 is 6.04 Å². The predicted octanol–water partition coefficient (Wildman–Crippen LogP) is 3.08. The number of carbonyl (C=O) groups is 1. The lowest BCUT2D eigenvalue weighted by atomic mass is 9.83. The first-order valence-corrected chi connectivity index (χ1v) is 11.6.